The minimum atomic E-state index is 0.0847. The molecule has 86 valence electrons. The Morgan fingerprint density at radius 3 is 2.33 bits per heavy atom. The summed E-state index contributed by atoms with van der Waals surface area (Å²) in [5.74, 6) is 2.48. The molecule has 1 amide bonds. The van der Waals surface area contributed by atoms with Gasteiger partial charge in [0.25, 0.3) is 0 Å². The molecule has 0 fully saturated rings. The first-order valence-corrected chi connectivity index (χ1v) is 6.01. The summed E-state index contributed by atoms with van der Waals surface area (Å²) in [5.41, 5.74) is 0. The molecule has 0 aliphatic rings. The Labute approximate surface area is 93.8 Å². The molecule has 2 heteroatoms. The lowest BCUT2D eigenvalue weighted by atomic mass is 10.1. The zero-order valence-corrected chi connectivity index (χ0v) is 9.85. The van der Waals surface area contributed by atoms with Crippen molar-refractivity contribution in [3.8, 4) is 12.3 Å². The van der Waals surface area contributed by atoms with Crippen LogP contribution in [0.4, 0.5) is 0 Å². The highest BCUT2D eigenvalue weighted by Gasteiger charge is 1.98. The summed E-state index contributed by atoms with van der Waals surface area (Å²) in [4.78, 5) is 11.1. The van der Waals surface area contributed by atoms with E-state index < -0.39 is 0 Å². The van der Waals surface area contributed by atoms with Gasteiger partial charge in [0, 0.05) is 6.42 Å². The van der Waals surface area contributed by atoms with E-state index in [9.17, 15) is 4.79 Å². The highest BCUT2D eigenvalue weighted by Crippen LogP contribution is 2.07. The van der Waals surface area contributed by atoms with Gasteiger partial charge in [0.2, 0.25) is 5.91 Å². The van der Waals surface area contributed by atoms with Gasteiger partial charge in [-0.15, -0.1) is 6.42 Å². The van der Waals surface area contributed by atoms with Crippen LogP contribution in [0.25, 0.3) is 0 Å². The van der Waals surface area contributed by atoms with Crippen molar-refractivity contribution in [1.29, 1.82) is 0 Å². The van der Waals surface area contributed by atoms with Gasteiger partial charge >= 0.3 is 0 Å². The van der Waals surface area contributed by atoms with Gasteiger partial charge in [-0.25, -0.2) is 0 Å². The van der Waals surface area contributed by atoms with Crippen molar-refractivity contribution >= 4 is 5.91 Å². The molecule has 0 unspecified atom stereocenters. The van der Waals surface area contributed by atoms with Crippen molar-refractivity contribution < 1.29 is 4.79 Å². The van der Waals surface area contributed by atoms with Crippen molar-refractivity contribution in [2.75, 3.05) is 6.54 Å². The normalized spacial score (nSPS) is 9.60. The summed E-state index contributed by atoms with van der Waals surface area (Å²) in [6.45, 7) is 2.57. The van der Waals surface area contributed by atoms with E-state index in [0.29, 0.717) is 13.0 Å². The number of nitrogens with one attached hydrogen (secondary N) is 1. The van der Waals surface area contributed by atoms with Crippen molar-refractivity contribution in [3.05, 3.63) is 0 Å². The summed E-state index contributed by atoms with van der Waals surface area (Å²) in [6.07, 6.45) is 14.3. The lowest BCUT2D eigenvalue weighted by Gasteiger charge is -2.02. The summed E-state index contributed by atoms with van der Waals surface area (Å²) in [5, 5.41) is 2.67. The predicted octanol–water partition coefficient (Wildman–Crippen LogP) is 2.88. The second kappa shape index (κ2) is 11.1. The van der Waals surface area contributed by atoms with E-state index >= 15 is 0 Å². The third-order valence-corrected chi connectivity index (χ3v) is 2.40. The highest BCUT2D eigenvalue weighted by molar-refractivity contribution is 5.76. The molecule has 0 saturated heterocycles. The Bertz CT molecular complexity index is 193. The zero-order valence-electron chi connectivity index (χ0n) is 9.85. The standard InChI is InChI=1S/C13H23NO/c1-3-5-6-7-8-9-10-11-13(15)14-12-4-2/h2H,3,5-12H2,1H3,(H,14,15). The van der Waals surface area contributed by atoms with Gasteiger partial charge in [-0.1, -0.05) is 51.4 Å². The number of terminal acetylenes is 1. The number of carbonyl (C=O) groups is 1. The summed E-state index contributed by atoms with van der Waals surface area (Å²) >= 11 is 0. The molecule has 0 radical (unpaired) electrons. The first kappa shape index (κ1) is 14.0. The summed E-state index contributed by atoms with van der Waals surface area (Å²) in [7, 11) is 0. The fourth-order valence-corrected chi connectivity index (χ4v) is 1.48. The number of hydrogen-bond donors (Lipinski definition) is 1. The van der Waals surface area contributed by atoms with E-state index in [4.69, 9.17) is 6.42 Å². The smallest absolute Gasteiger partial charge is 0.220 e. The largest absolute Gasteiger partial charge is 0.345 e. The molecule has 0 aliphatic heterocycles. The first-order valence-electron chi connectivity index (χ1n) is 6.01. The molecule has 0 atom stereocenters. The number of hydrogen-bond acceptors (Lipinski definition) is 1. The molecule has 0 aliphatic carbocycles. The fourth-order valence-electron chi connectivity index (χ4n) is 1.48. The van der Waals surface area contributed by atoms with Crippen LogP contribution in [0.2, 0.25) is 0 Å². The maximum absolute atomic E-state index is 11.1. The van der Waals surface area contributed by atoms with E-state index in [1.165, 1.54) is 32.1 Å². The maximum Gasteiger partial charge on any atom is 0.220 e. The molecule has 1 N–H and O–H groups in total. The molecule has 0 bridgehead atoms. The Balaban J connectivity index is 3.10. The third-order valence-electron chi connectivity index (χ3n) is 2.40. The summed E-state index contributed by atoms with van der Waals surface area (Å²) < 4.78 is 0. The second-order valence-corrected chi connectivity index (χ2v) is 3.85. The van der Waals surface area contributed by atoms with Crippen LogP contribution in [-0.4, -0.2) is 12.5 Å². The molecular formula is C13H23NO. The van der Waals surface area contributed by atoms with Gasteiger partial charge in [-0.05, 0) is 6.42 Å². The fraction of sp³-hybridized carbons (Fsp3) is 0.769. The number of unbranched alkanes of at least 4 members (excludes halogenated alkanes) is 6. The third kappa shape index (κ3) is 11.0. The molecule has 0 rings (SSSR count). The van der Waals surface area contributed by atoms with E-state index in [-0.39, 0.29) is 5.91 Å². The van der Waals surface area contributed by atoms with Crippen molar-refractivity contribution in [3.63, 3.8) is 0 Å². The van der Waals surface area contributed by atoms with E-state index in [1.54, 1.807) is 0 Å². The van der Waals surface area contributed by atoms with Crippen LogP contribution >= 0.6 is 0 Å². The maximum atomic E-state index is 11.1. The average molecular weight is 209 g/mol. The lowest BCUT2D eigenvalue weighted by Crippen LogP contribution is -2.22. The molecule has 0 aromatic carbocycles. The minimum absolute atomic E-state index is 0.0847. The average Bonchev–Trinajstić information content (AvgIpc) is 2.25. The molecule has 0 saturated carbocycles. The molecular weight excluding hydrogens is 186 g/mol. The van der Waals surface area contributed by atoms with Crippen LogP contribution in [0.1, 0.15) is 58.3 Å². The summed E-state index contributed by atoms with van der Waals surface area (Å²) in [6, 6.07) is 0. The van der Waals surface area contributed by atoms with Gasteiger partial charge in [0.15, 0.2) is 0 Å². The van der Waals surface area contributed by atoms with Crippen molar-refractivity contribution in [2.45, 2.75) is 58.3 Å². The van der Waals surface area contributed by atoms with Gasteiger partial charge in [0.1, 0.15) is 0 Å². The lowest BCUT2D eigenvalue weighted by molar-refractivity contribution is -0.120. The van der Waals surface area contributed by atoms with Crippen LogP contribution in [-0.2, 0) is 4.79 Å². The Hall–Kier alpha value is -0.970. The monoisotopic (exact) mass is 209 g/mol. The quantitative estimate of drug-likeness (QED) is 0.459. The molecule has 15 heavy (non-hydrogen) atoms. The van der Waals surface area contributed by atoms with Crippen LogP contribution in [0.15, 0.2) is 0 Å². The molecule has 0 aromatic rings. The Kier molecular flexibility index (Phi) is 10.4. The van der Waals surface area contributed by atoms with Gasteiger partial charge in [-0.3, -0.25) is 4.79 Å². The SMILES string of the molecule is C#CCNC(=O)CCCCCCCCC. The molecule has 0 heterocycles. The van der Waals surface area contributed by atoms with E-state index in [1.807, 2.05) is 0 Å². The highest BCUT2D eigenvalue weighted by atomic mass is 16.1. The predicted molar refractivity (Wildman–Crippen MR) is 64.5 cm³/mol. The van der Waals surface area contributed by atoms with Crippen LogP contribution in [0.3, 0.4) is 0 Å². The minimum Gasteiger partial charge on any atom is -0.345 e. The topological polar surface area (TPSA) is 29.1 Å². The van der Waals surface area contributed by atoms with Crippen LogP contribution in [0.5, 0.6) is 0 Å². The van der Waals surface area contributed by atoms with Crippen LogP contribution in [0, 0.1) is 12.3 Å². The van der Waals surface area contributed by atoms with Gasteiger partial charge in [-0.2, -0.15) is 0 Å². The number of rotatable bonds is 9. The Morgan fingerprint density at radius 1 is 1.13 bits per heavy atom. The second-order valence-electron chi connectivity index (χ2n) is 3.85. The Morgan fingerprint density at radius 2 is 1.73 bits per heavy atom. The first-order chi connectivity index (χ1) is 7.31. The molecule has 0 spiro atoms. The van der Waals surface area contributed by atoms with Gasteiger partial charge in [0.05, 0.1) is 6.54 Å². The van der Waals surface area contributed by atoms with E-state index in [0.717, 1.165) is 12.8 Å². The van der Waals surface area contributed by atoms with E-state index in [2.05, 4.69) is 18.2 Å². The molecule has 2 nitrogen and oxygen atoms in total. The molecule has 0 aromatic heterocycles. The van der Waals surface area contributed by atoms with Gasteiger partial charge < -0.3 is 5.32 Å². The van der Waals surface area contributed by atoms with Crippen molar-refractivity contribution in [2.24, 2.45) is 0 Å². The number of carbonyl (C=O) groups excluding carboxylic acids is 1. The van der Waals surface area contributed by atoms with Crippen molar-refractivity contribution in [1.82, 2.24) is 5.32 Å². The number of amides is 1. The van der Waals surface area contributed by atoms with Crippen LogP contribution < -0.4 is 5.32 Å². The zero-order chi connectivity index (χ0) is 11.4.